The lowest BCUT2D eigenvalue weighted by Crippen LogP contribution is -2.84. The van der Waals surface area contributed by atoms with Crippen LogP contribution in [0.1, 0.15) is 114 Å². The molecule has 2 saturated heterocycles. The van der Waals surface area contributed by atoms with Crippen molar-refractivity contribution >= 4 is 29.3 Å². The molecule has 10 heteroatoms. The first-order valence-corrected chi connectivity index (χ1v) is 21.6. The van der Waals surface area contributed by atoms with Crippen LogP contribution in [0.15, 0.2) is 70.9 Å². The van der Waals surface area contributed by atoms with Gasteiger partial charge in [0.25, 0.3) is 0 Å². The van der Waals surface area contributed by atoms with Gasteiger partial charge in [-0.2, -0.15) is 0 Å². The lowest BCUT2D eigenvalue weighted by Gasteiger charge is -2.70. The first-order valence-electron chi connectivity index (χ1n) is 21.6. The summed E-state index contributed by atoms with van der Waals surface area (Å²) < 4.78 is 27.4. The fourth-order valence-electron chi connectivity index (χ4n) is 13.0. The molecule has 11 rings (SSSR count). The first-order chi connectivity index (χ1) is 28.5. The van der Waals surface area contributed by atoms with Crippen LogP contribution in [-0.2, 0) is 31.1 Å². The summed E-state index contributed by atoms with van der Waals surface area (Å²) in [6, 6.07) is 7.76. The van der Waals surface area contributed by atoms with Crippen molar-refractivity contribution in [2.45, 2.75) is 116 Å². The Morgan fingerprint density at radius 3 is 2.45 bits per heavy atom. The highest BCUT2D eigenvalue weighted by Crippen LogP contribution is 2.78. The van der Waals surface area contributed by atoms with Crippen LogP contribution in [-0.4, -0.2) is 70.1 Å². The summed E-state index contributed by atoms with van der Waals surface area (Å²) in [6.07, 6.45) is 12.7. The minimum Gasteiger partial charge on any atom is -0.507 e. The van der Waals surface area contributed by atoms with Gasteiger partial charge in [0.05, 0.1) is 35.5 Å². The number of phenols is 1. The fourth-order valence-corrected chi connectivity index (χ4v) is 13.0. The molecule has 5 aliphatic heterocycles. The van der Waals surface area contributed by atoms with E-state index < -0.39 is 51.8 Å². The quantitative estimate of drug-likeness (QED) is 0.154. The molecule has 5 fully saturated rings. The molecule has 60 heavy (non-hydrogen) atoms. The molecule has 314 valence electrons. The number of phenolic OH excluding ortho intramolecular Hbond substituents is 1. The Morgan fingerprint density at radius 1 is 1.00 bits per heavy atom. The van der Waals surface area contributed by atoms with Crippen LogP contribution in [0.3, 0.4) is 0 Å². The second kappa shape index (κ2) is 12.8. The van der Waals surface area contributed by atoms with Crippen molar-refractivity contribution in [1.29, 1.82) is 0 Å². The number of esters is 1. The van der Waals surface area contributed by atoms with Crippen LogP contribution in [0.2, 0.25) is 0 Å². The molecule has 2 N–H and O–H groups in total. The van der Waals surface area contributed by atoms with E-state index in [1.165, 1.54) is 12.7 Å². The van der Waals surface area contributed by atoms with E-state index in [2.05, 4.69) is 63.1 Å². The van der Waals surface area contributed by atoms with Gasteiger partial charge in [-0.3, -0.25) is 14.9 Å². The molecular weight excluding hydrogens is 757 g/mol. The van der Waals surface area contributed by atoms with Gasteiger partial charge in [-0.1, -0.05) is 53.6 Å². The molecule has 0 amide bonds. The second-order valence-electron chi connectivity index (χ2n) is 19.6. The lowest BCUT2D eigenvalue weighted by atomic mass is 9.39. The predicted octanol–water partition coefficient (Wildman–Crippen LogP) is 8.13. The van der Waals surface area contributed by atoms with Crippen molar-refractivity contribution in [3.63, 3.8) is 0 Å². The van der Waals surface area contributed by atoms with E-state index in [9.17, 15) is 14.7 Å². The maximum Gasteiger partial charge on any atom is 0.333 e. The average Bonchev–Trinajstić information content (AvgIpc) is 3.80. The number of hydrogen-bond donors (Lipinski definition) is 2. The van der Waals surface area contributed by atoms with Crippen molar-refractivity contribution < 1.29 is 38.4 Å². The molecule has 2 aromatic rings. The number of hydrogen-bond acceptors (Lipinski definition) is 10. The molecule has 2 spiro atoms. The monoisotopic (exact) mass is 812 g/mol. The predicted molar refractivity (Wildman–Crippen MR) is 227 cm³/mol. The number of carbonyl (C=O) groups is 3. The van der Waals surface area contributed by atoms with Gasteiger partial charge in [0.2, 0.25) is 0 Å². The molecule has 8 unspecified atom stereocenters. The van der Waals surface area contributed by atoms with Gasteiger partial charge in [-0.05, 0) is 93.2 Å². The molecule has 5 heterocycles. The van der Waals surface area contributed by atoms with Crippen molar-refractivity contribution in [2.24, 2.45) is 23.7 Å². The third kappa shape index (κ3) is 4.75. The van der Waals surface area contributed by atoms with Crippen LogP contribution < -0.4 is 14.8 Å². The number of fused-ring (bicyclic) bond motifs is 5. The maximum atomic E-state index is 15.8. The molecule has 8 atom stereocenters. The van der Waals surface area contributed by atoms with E-state index in [1.54, 1.807) is 13.0 Å². The summed E-state index contributed by atoms with van der Waals surface area (Å²) in [6.45, 7) is 17.3. The molecule has 2 aromatic carbocycles. The Labute approximate surface area is 352 Å². The van der Waals surface area contributed by atoms with Gasteiger partial charge in [0, 0.05) is 65.1 Å². The number of aromatic hydroxyl groups is 1. The highest BCUT2D eigenvalue weighted by molar-refractivity contribution is 6.22. The summed E-state index contributed by atoms with van der Waals surface area (Å²) in [5.41, 5.74) is 2.11. The van der Waals surface area contributed by atoms with Crippen molar-refractivity contribution in [3.05, 3.63) is 98.7 Å². The molecule has 0 radical (unpaired) electrons. The Kier molecular flexibility index (Phi) is 8.37. The zero-order valence-corrected chi connectivity index (χ0v) is 36.2. The maximum absolute atomic E-state index is 15.8. The number of nitrogens with one attached hydrogen (secondary N) is 1. The van der Waals surface area contributed by atoms with E-state index >= 15 is 4.79 Å². The van der Waals surface area contributed by atoms with Gasteiger partial charge in [0.15, 0.2) is 22.8 Å². The molecule has 0 aromatic heterocycles. The molecule has 4 bridgehead atoms. The van der Waals surface area contributed by atoms with Gasteiger partial charge in [-0.15, -0.1) is 0 Å². The summed E-state index contributed by atoms with van der Waals surface area (Å²) >= 11 is 0. The molecule has 10 nitrogen and oxygen atoms in total. The van der Waals surface area contributed by atoms with Crippen LogP contribution >= 0.6 is 0 Å². The minimum absolute atomic E-state index is 0.0574. The zero-order chi connectivity index (χ0) is 42.5. The number of ketones is 2. The Hall–Kier alpha value is -4.93. The number of ether oxygens (including phenoxy) is 4. The number of allylic oxidation sites excluding steroid dienone is 5. The summed E-state index contributed by atoms with van der Waals surface area (Å²) in [4.78, 5) is 46.0. The van der Waals surface area contributed by atoms with Gasteiger partial charge in [-0.25, -0.2) is 4.79 Å². The van der Waals surface area contributed by atoms with Gasteiger partial charge in [0.1, 0.15) is 28.5 Å². The third-order valence-corrected chi connectivity index (χ3v) is 15.3. The van der Waals surface area contributed by atoms with Crippen LogP contribution in [0, 0.1) is 23.7 Å². The summed E-state index contributed by atoms with van der Waals surface area (Å²) in [5, 5.41) is 17.1. The van der Waals surface area contributed by atoms with Crippen molar-refractivity contribution in [1.82, 2.24) is 10.2 Å². The van der Waals surface area contributed by atoms with E-state index in [1.807, 2.05) is 44.2 Å². The highest BCUT2D eigenvalue weighted by Gasteiger charge is 2.89. The molecule has 3 saturated carbocycles. The number of carbonyl (C=O) groups excluding carboxylic acids is 3. The summed E-state index contributed by atoms with van der Waals surface area (Å²) in [7, 11) is 1.35. The molecule has 4 aliphatic carbocycles. The van der Waals surface area contributed by atoms with Crippen LogP contribution in [0.5, 0.6) is 17.2 Å². The van der Waals surface area contributed by atoms with Crippen molar-refractivity contribution in [2.75, 3.05) is 20.2 Å². The Morgan fingerprint density at radius 2 is 1.73 bits per heavy atom. The SMILES string of the molecule is COC(=O)/C(C)=C\CC12OC(C)(C)C3CC(C1=O)C1C4=C(c5ccccc5C4=O)N4CCNC45c4c(O)c6c(c(CC=C(C)C)c4OC32C15)OC(C)(CCC=C(C)C)C=C6. The minimum atomic E-state index is -1.55. The lowest BCUT2D eigenvalue weighted by molar-refractivity contribution is -0.245. The number of nitrogens with zero attached hydrogens (tertiary/aromatic N) is 1. The number of Topliss-reactive ketones (excluding diaryl/α,β-unsaturated/α-hetero) is 2. The van der Waals surface area contributed by atoms with Crippen LogP contribution in [0.4, 0.5) is 0 Å². The second-order valence-corrected chi connectivity index (χ2v) is 19.6. The summed E-state index contributed by atoms with van der Waals surface area (Å²) in [5.74, 6) is -1.54. The third-order valence-electron chi connectivity index (χ3n) is 15.3. The normalized spacial score (nSPS) is 34.1. The van der Waals surface area contributed by atoms with Gasteiger partial charge >= 0.3 is 5.97 Å². The fraction of sp³-hybridized carbons (Fsp3) is 0.500. The van der Waals surface area contributed by atoms with E-state index in [-0.39, 0.29) is 29.7 Å². The zero-order valence-electron chi connectivity index (χ0n) is 36.2. The topological polar surface area (TPSA) is 124 Å². The highest BCUT2D eigenvalue weighted by atomic mass is 16.6. The van der Waals surface area contributed by atoms with E-state index in [0.717, 1.165) is 35.2 Å². The number of rotatable bonds is 8. The van der Waals surface area contributed by atoms with Gasteiger partial charge < -0.3 is 29.0 Å². The van der Waals surface area contributed by atoms with E-state index in [0.29, 0.717) is 65.3 Å². The van der Waals surface area contributed by atoms with Crippen molar-refractivity contribution in [3.8, 4) is 17.2 Å². The van der Waals surface area contributed by atoms with E-state index in [4.69, 9.17) is 18.9 Å². The Balaban J connectivity index is 1.31. The average molecular weight is 813 g/mol. The number of benzene rings is 2. The molecule has 9 aliphatic rings. The first kappa shape index (κ1) is 39.2. The Bertz CT molecular complexity index is 2480. The smallest absolute Gasteiger partial charge is 0.333 e. The molecular formula is C50H56N2O8. The standard InChI is InChI=1S/C50H56N2O8/c1-26(2)13-12-20-47(8)21-19-31-40(54)37-42(32(41(31)58-47)17-16-27(3)4)59-49-34-25-33(44(55)48(49,60-46(34,6)7)22-18-28(5)45(56)57-9)35-36-38(29-14-10-11-15-30(29)39(36)53)52-24-23-51-50(37,52)43(35)49/h10-11,13-16,18-19,21,33-35,43,51,54H,12,17,20,22-25H2,1-9H3/b28-18-. The largest absolute Gasteiger partial charge is 0.507 e. The van der Waals surface area contributed by atoms with Crippen LogP contribution in [0.25, 0.3) is 11.8 Å². The number of methoxy groups -OCH3 is 1.